The van der Waals surface area contributed by atoms with E-state index in [-0.39, 0.29) is 0 Å². The fourth-order valence-corrected chi connectivity index (χ4v) is 2.05. The van der Waals surface area contributed by atoms with Crippen LogP contribution in [0.5, 0.6) is 0 Å². The lowest BCUT2D eigenvalue weighted by Gasteiger charge is -1.93. The van der Waals surface area contributed by atoms with E-state index in [1.165, 1.54) is 10.4 Å². The smallest absolute Gasteiger partial charge is 0.0710 e. The van der Waals surface area contributed by atoms with Gasteiger partial charge in [-0.1, -0.05) is 12.1 Å². The molecule has 1 nitrogen and oxygen atoms in total. The molecular weight excluding hydrogens is 190 g/mol. The molecule has 0 aliphatic heterocycles. The van der Waals surface area contributed by atoms with Crippen LogP contribution >= 0.6 is 11.3 Å². The molecule has 0 saturated heterocycles. The van der Waals surface area contributed by atoms with Crippen LogP contribution in [-0.4, -0.2) is 4.98 Å². The second-order valence-electron chi connectivity index (χ2n) is 2.86. The van der Waals surface area contributed by atoms with E-state index in [4.69, 9.17) is 0 Å². The number of nitrogens with zero attached hydrogens (tertiary/aromatic N) is 1. The minimum absolute atomic E-state index is 1.02. The summed E-state index contributed by atoms with van der Waals surface area (Å²) in [5.74, 6) is 0. The maximum Gasteiger partial charge on any atom is 0.0710 e. The molecule has 0 saturated carbocycles. The summed E-state index contributed by atoms with van der Waals surface area (Å²) in [5.41, 5.74) is 2.19. The standard InChI is InChI=1S/C12H10NS/c1-2-5-11-8-10(9-14-11)12-6-3-4-7-13-12/h2-9H,1H2/b5-2+. The Morgan fingerprint density at radius 3 is 3.00 bits per heavy atom. The Morgan fingerprint density at radius 2 is 2.29 bits per heavy atom. The molecule has 2 rings (SSSR count). The molecular formula is C12H10NS. The van der Waals surface area contributed by atoms with E-state index in [1.807, 2.05) is 30.5 Å². The van der Waals surface area contributed by atoms with Crippen LogP contribution in [-0.2, 0) is 0 Å². The van der Waals surface area contributed by atoms with Gasteiger partial charge in [-0.2, -0.15) is 0 Å². The summed E-state index contributed by atoms with van der Waals surface area (Å²) in [6, 6.07) is 8.05. The number of aromatic nitrogens is 1. The molecule has 0 atom stereocenters. The molecule has 2 heteroatoms. The Bertz CT molecular complexity index is 429. The van der Waals surface area contributed by atoms with Crippen molar-refractivity contribution in [3.63, 3.8) is 0 Å². The van der Waals surface area contributed by atoms with Gasteiger partial charge in [-0.3, -0.25) is 4.98 Å². The van der Waals surface area contributed by atoms with Gasteiger partial charge >= 0.3 is 0 Å². The predicted octanol–water partition coefficient (Wildman–Crippen LogP) is 3.66. The average molecular weight is 200 g/mol. The Balaban J connectivity index is 2.34. The molecule has 0 N–H and O–H groups in total. The van der Waals surface area contributed by atoms with Crippen molar-refractivity contribution in [1.29, 1.82) is 0 Å². The molecule has 2 heterocycles. The highest BCUT2D eigenvalue weighted by Gasteiger charge is 2.00. The summed E-state index contributed by atoms with van der Waals surface area (Å²) in [4.78, 5) is 5.50. The molecule has 0 aliphatic carbocycles. The quantitative estimate of drug-likeness (QED) is 0.721. The molecule has 0 bridgehead atoms. The molecule has 2 aromatic rings. The Labute approximate surface area is 87.8 Å². The second-order valence-corrected chi connectivity index (χ2v) is 3.80. The Morgan fingerprint density at radius 1 is 1.36 bits per heavy atom. The van der Waals surface area contributed by atoms with Crippen molar-refractivity contribution in [1.82, 2.24) is 4.98 Å². The zero-order valence-electron chi connectivity index (χ0n) is 7.68. The Hall–Kier alpha value is -1.41. The summed E-state index contributed by atoms with van der Waals surface area (Å²) in [6.07, 6.45) is 5.61. The van der Waals surface area contributed by atoms with Crippen molar-refractivity contribution in [2.75, 3.05) is 0 Å². The topological polar surface area (TPSA) is 12.9 Å². The zero-order valence-corrected chi connectivity index (χ0v) is 8.50. The summed E-state index contributed by atoms with van der Waals surface area (Å²) in [7, 11) is 0. The first kappa shape index (κ1) is 9.16. The fraction of sp³-hybridized carbons (Fsp3) is 0. The lowest BCUT2D eigenvalue weighted by Crippen LogP contribution is -1.76. The van der Waals surface area contributed by atoms with Gasteiger partial charge in [0.05, 0.1) is 5.69 Å². The van der Waals surface area contributed by atoms with E-state index in [2.05, 4.69) is 23.4 Å². The molecule has 1 radical (unpaired) electrons. The first-order valence-corrected chi connectivity index (χ1v) is 5.24. The van der Waals surface area contributed by atoms with E-state index < -0.39 is 0 Å². The summed E-state index contributed by atoms with van der Waals surface area (Å²) in [5, 5.41) is 2.11. The minimum Gasteiger partial charge on any atom is -0.256 e. The molecule has 0 amide bonds. The van der Waals surface area contributed by atoms with Gasteiger partial charge in [-0.05, 0) is 31.2 Å². The van der Waals surface area contributed by atoms with Crippen molar-refractivity contribution < 1.29 is 0 Å². The summed E-state index contributed by atoms with van der Waals surface area (Å²) in [6.45, 7) is 3.67. The van der Waals surface area contributed by atoms with Crippen molar-refractivity contribution in [2.45, 2.75) is 0 Å². The molecule has 0 fully saturated rings. The highest BCUT2D eigenvalue weighted by Crippen LogP contribution is 2.24. The molecule has 14 heavy (non-hydrogen) atoms. The molecule has 69 valence electrons. The highest BCUT2D eigenvalue weighted by molar-refractivity contribution is 7.11. The number of rotatable bonds is 2. The van der Waals surface area contributed by atoms with Crippen LogP contribution < -0.4 is 0 Å². The minimum atomic E-state index is 1.02. The van der Waals surface area contributed by atoms with E-state index in [1.54, 1.807) is 17.4 Å². The summed E-state index contributed by atoms with van der Waals surface area (Å²) < 4.78 is 0. The van der Waals surface area contributed by atoms with Gasteiger partial charge in [0.25, 0.3) is 0 Å². The van der Waals surface area contributed by atoms with Gasteiger partial charge in [-0.15, -0.1) is 11.3 Å². The third kappa shape index (κ3) is 1.91. The maximum atomic E-state index is 4.29. The van der Waals surface area contributed by atoms with E-state index in [9.17, 15) is 0 Å². The normalized spacial score (nSPS) is 10.9. The van der Waals surface area contributed by atoms with Crippen LogP contribution in [0.1, 0.15) is 4.88 Å². The predicted molar refractivity (Wildman–Crippen MR) is 61.9 cm³/mol. The number of hydrogen-bond donors (Lipinski definition) is 0. The first-order valence-electron chi connectivity index (χ1n) is 4.36. The molecule has 2 aromatic heterocycles. The van der Waals surface area contributed by atoms with Crippen molar-refractivity contribution in [2.24, 2.45) is 0 Å². The lowest BCUT2D eigenvalue weighted by molar-refractivity contribution is 1.33. The van der Waals surface area contributed by atoms with Crippen molar-refractivity contribution in [3.8, 4) is 11.3 Å². The highest BCUT2D eigenvalue weighted by atomic mass is 32.1. The van der Waals surface area contributed by atoms with Crippen LogP contribution in [0, 0.1) is 6.92 Å². The second kappa shape index (κ2) is 4.20. The van der Waals surface area contributed by atoms with Gasteiger partial charge in [0, 0.05) is 22.0 Å². The van der Waals surface area contributed by atoms with E-state index in [0.717, 1.165) is 5.69 Å². The van der Waals surface area contributed by atoms with Crippen LogP contribution in [0.2, 0.25) is 0 Å². The number of hydrogen-bond acceptors (Lipinski definition) is 2. The van der Waals surface area contributed by atoms with Crippen LogP contribution in [0.3, 0.4) is 0 Å². The molecule has 0 aliphatic rings. The average Bonchev–Trinajstić information content (AvgIpc) is 2.68. The fourth-order valence-electron chi connectivity index (χ4n) is 1.22. The number of pyridine rings is 1. The van der Waals surface area contributed by atoms with E-state index >= 15 is 0 Å². The summed E-state index contributed by atoms with van der Waals surface area (Å²) >= 11 is 1.70. The molecule has 0 spiro atoms. The van der Waals surface area contributed by atoms with Crippen LogP contribution in [0.25, 0.3) is 17.3 Å². The van der Waals surface area contributed by atoms with Crippen molar-refractivity contribution >= 4 is 17.4 Å². The first-order chi connectivity index (χ1) is 6.90. The monoisotopic (exact) mass is 200 g/mol. The Kier molecular flexibility index (Phi) is 2.75. The SMILES string of the molecule is [CH2]/C=C/c1cc(-c2ccccn2)cs1. The molecule has 0 unspecified atom stereocenters. The zero-order chi connectivity index (χ0) is 9.80. The maximum absolute atomic E-state index is 4.29. The largest absolute Gasteiger partial charge is 0.256 e. The van der Waals surface area contributed by atoms with Gasteiger partial charge in [-0.25, -0.2) is 0 Å². The van der Waals surface area contributed by atoms with Crippen LogP contribution in [0.15, 0.2) is 41.9 Å². The lowest BCUT2D eigenvalue weighted by atomic mass is 10.2. The number of allylic oxidation sites excluding steroid dienone is 1. The van der Waals surface area contributed by atoms with Gasteiger partial charge < -0.3 is 0 Å². The van der Waals surface area contributed by atoms with Crippen LogP contribution in [0.4, 0.5) is 0 Å². The third-order valence-electron chi connectivity index (χ3n) is 1.86. The third-order valence-corrected chi connectivity index (χ3v) is 2.76. The van der Waals surface area contributed by atoms with Crippen molar-refractivity contribution in [3.05, 3.63) is 53.7 Å². The molecule has 0 aromatic carbocycles. The number of thiophene rings is 1. The van der Waals surface area contributed by atoms with E-state index in [0.29, 0.717) is 0 Å². The van der Waals surface area contributed by atoms with Gasteiger partial charge in [0.2, 0.25) is 0 Å². The van der Waals surface area contributed by atoms with Gasteiger partial charge in [0.1, 0.15) is 0 Å². The van der Waals surface area contributed by atoms with Gasteiger partial charge in [0.15, 0.2) is 0 Å².